The van der Waals surface area contributed by atoms with Gasteiger partial charge in [-0.3, -0.25) is 4.90 Å². The van der Waals surface area contributed by atoms with Crippen molar-refractivity contribution < 1.29 is 9.15 Å². The first-order valence-corrected chi connectivity index (χ1v) is 9.19. The molecule has 0 bridgehead atoms. The largest absolute Gasteiger partial charge is 0.453 e. The van der Waals surface area contributed by atoms with Crippen LogP contribution in [0.5, 0.6) is 0 Å². The highest BCUT2D eigenvalue weighted by molar-refractivity contribution is 7.16. The summed E-state index contributed by atoms with van der Waals surface area (Å²) in [7, 11) is 0. The molecule has 0 saturated carbocycles. The lowest BCUT2D eigenvalue weighted by Crippen LogP contribution is -2.37. The van der Waals surface area contributed by atoms with Gasteiger partial charge in [0.15, 0.2) is 5.76 Å². The van der Waals surface area contributed by atoms with Crippen LogP contribution in [0, 0.1) is 0 Å². The van der Waals surface area contributed by atoms with Gasteiger partial charge in [-0.25, -0.2) is 0 Å². The number of para-hydroxylation sites is 1. The van der Waals surface area contributed by atoms with Gasteiger partial charge in [0.05, 0.1) is 13.2 Å². The summed E-state index contributed by atoms with van der Waals surface area (Å²) in [6.07, 6.45) is 0.910. The van der Waals surface area contributed by atoms with E-state index < -0.39 is 0 Å². The average Bonchev–Trinajstić information content (AvgIpc) is 3.33. The van der Waals surface area contributed by atoms with Crippen LogP contribution in [0.1, 0.15) is 5.01 Å². The molecule has 1 aromatic carbocycles. The third-order valence-corrected chi connectivity index (χ3v) is 5.38. The number of morpholine rings is 1. The molecule has 5 rings (SSSR count). The predicted octanol–water partition coefficient (Wildman–Crippen LogP) is 2.47. The molecule has 1 aliphatic rings. The highest BCUT2D eigenvalue weighted by Crippen LogP contribution is 2.28. The molecule has 128 valence electrons. The van der Waals surface area contributed by atoms with Crippen LogP contribution in [0.15, 0.2) is 34.7 Å². The molecule has 7 nitrogen and oxygen atoms in total. The Hall–Kier alpha value is -2.29. The zero-order valence-electron chi connectivity index (χ0n) is 13.6. The van der Waals surface area contributed by atoms with Gasteiger partial charge in [0, 0.05) is 31.4 Å². The summed E-state index contributed by atoms with van der Waals surface area (Å²) >= 11 is 1.59. The van der Waals surface area contributed by atoms with E-state index in [-0.39, 0.29) is 0 Å². The fourth-order valence-corrected chi connectivity index (χ4v) is 3.90. The van der Waals surface area contributed by atoms with Crippen LogP contribution in [-0.4, -0.2) is 57.6 Å². The molecule has 1 saturated heterocycles. The Bertz CT molecular complexity index is 982. The van der Waals surface area contributed by atoms with Gasteiger partial charge in [0.2, 0.25) is 10.8 Å². The number of ether oxygens (including phenoxy) is 1. The standard InChI is InChI=1S/C17H17N5O2S/c1-2-4-13-12(3-1)11-14(24-13)16-18-19-17-22(16)20-15(25-17)5-6-21-7-9-23-10-8-21/h1-4,11H,5-10H2. The summed E-state index contributed by atoms with van der Waals surface area (Å²) in [6.45, 7) is 4.62. The Morgan fingerprint density at radius 3 is 2.88 bits per heavy atom. The normalized spacial score (nSPS) is 16.2. The number of aromatic nitrogens is 4. The van der Waals surface area contributed by atoms with Crippen LogP contribution in [0.3, 0.4) is 0 Å². The quantitative estimate of drug-likeness (QED) is 0.560. The van der Waals surface area contributed by atoms with Crippen molar-refractivity contribution in [3.8, 4) is 11.6 Å². The number of rotatable bonds is 4. The van der Waals surface area contributed by atoms with Crippen LogP contribution < -0.4 is 0 Å². The van der Waals surface area contributed by atoms with Gasteiger partial charge in [-0.05, 0) is 12.1 Å². The number of hydrogen-bond donors (Lipinski definition) is 0. The third kappa shape index (κ3) is 2.82. The molecule has 4 aromatic rings. The summed E-state index contributed by atoms with van der Waals surface area (Å²) in [5.41, 5.74) is 0.844. The summed E-state index contributed by atoms with van der Waals surface area (Å²) in [5.74, 6) is 1.35. The van der Waals surface area contributed by atoms with E-state index >= 15 is 0 Å². The molecule has 0 amide bonds. The number of nitrogens with zero attached hydrogens (tertiary/aromatic N) is 5. The van der Waals surface area contributed by atoms with Gasteiger partial charge in [-0.2, -0.15) is 9.61 Å². The fraction of sp³-hybridized carbons (Fsp3) is 0.353. The van der Waals surface area contributed by atoms with Crippen LogP contribution >= 0.6 is 11.3 Å². The number of fused-ring (bicyclic) bond motifs is 2. The third-order valence-electron chi connectivity index (χ3n) is 4.42. The lowest BCUT2D eigenvalue weighted by atomic mass is 10.2. The molecule has 25 heavy (non-hydrogen) atoms. The zero-order valence-corrected chi connectivity index (χ0v) is 14.4. The molecule has 0 unspecified atom stereocenters. The first-order chi connectivity index (χ1) is 12.4. The summed E-state index contributed by atoms with van der Waals surface area (Å²) in [4.78, 5) is 3.21. The minimum atomic E-state index is 0.653. The van der Waals surface area contributed by atoms with Crippen LogP contribution in [0.25, 0.3) is 27.5 Å². The van der Waals surface area contributed by atoms with Gasteiger partial charge >= 0.3 is 0 Å². The summed E-state index contributed by atoms with van der Waals surface area (Å²) in [6, 6.07) is 9.91. The van der Waals surface area contributed by atoms with E-state index in [2.05, 4.69) is 15.1 Å². The molecule has 0 N–H and O–H groups in total. The van der Waals surface area contributed by atoms with Crippen molar-refractivity contribution >= 4 is 27.3 Å². The van der Waals surface area contributed by atoms with Gasteiger partial charge in [-0.15, -0.1) is 10.2 Å². The van der Waals surface area contributed by atoms with E-state index in [0.717, 1.165) is 60.2 Å². The molecule has 4 heterocycles. The molecule has 0 radical (unpaired) electrons. The van der Waals surface area contributed by atoms with Crippen molar-refractivity contribution in [1.29, 1.82) is 0 Å². The Morgan fingerprint density at radius 1 is 1.12 bits per heavy atom. The maximum Gasteiger partial charge on any atom is 0.235 e. The van der Waals surface area contributed by atoms with Gasteiger partial charge in [0.1, 0.15) is 10.6 Å². The Balaban J connectivity index is 1.41. The lowest BCUT2D eigenvalue weighted by Gasteiger charge is -2.25. The minimum absolute atomic E-state index is 0.653. The van der Waals surface area contributed by atoms with E-state index in [1.165, 1.54) is 0 Å². The number of furan rings is 1. The average molecular weight is 355 g/mol. The first kappa shape index (κ1) is 15.0. The molecule has 3 aromatic heterocycles. The van der Waals surface area contributed by atoms with Gasteiger partial charge in [-0.1, -0.05) is 29.5 Å². The van der Waals surface area contributed by atoms with Crippen molar-refractivity contribution in [3.05, 3.63) is 35.3 Å². The summed E-state index contributed by atoms with van der Waals surface area (Å²) < 4.78 is 13.1. The molecule has 8 heteroatoms. The highest BCUT2D eigenvalue weighted by atomic mass is 32.1. The second-order valence-electron chi connectivity index (χ2n) is 6.07. The monoisotopic (exact) mass is 355 g/mol. The van der Waals surface area contributed by atoms with Crippen molar-refractivity contribution in [2.45, 2.75) is 6.42 Å². The summed E-state index contributed by atoms with van der Waals surface area (Å²) in [5, 5.41) is 15.3. The second kappa shape index (κ2) is 6.21. The Morgan fingerprint density at radius 2 is 2.00 bits per heavy atom. The van der Waals surface area contributed by atoms with Crippen LogP contribution in [0.2, 0.25) is 0 Å². The smallest absolute Gasteiger partial charge is 0.235 e. The van der Waals surface area contributed by atoms with Crippen LogP contribution in [0.4, 0.5) is 0 Å². The van der Waals surface area contributed by atoms with Crippen molar-refractivity contribution in [2.24, 2.45) is 0 Å². The molecule has 0 spiro atoms. The highest BCUT2D eigenvalue weighted by Gasteiger charge is 2.18. The molecule has 1 aliphatic heterocycles. The zero-order chi connectivity index (χ0) is 16.6. The fourth-order valence-electron chi connectivity index (χ4n) is 3.08. The first-order valence-electron chi connectivity index (χ1n) is 8.37. The van der Waals surface area contributed by atoms with E-state index in [1.807, 2.05) is 30.3 Å². The Labute approximate surface area is 147 Å². The maximum atomic E-state index is 5.90. The van der Waals surface area contributed by atoms with E-state index in [0.29, 0.717) is 11.6 Å². The lowest BCUT2D eigenvalue weighted by molar-refractivity contribution is 0.0384. The molecule has 1 fully saturated rings. The van der Waals surface area contributed by atoms with Gasteiger partial charge < -0.3 is 9.15 Å². The van der Waals surface area contributed by atoms with Gasteiger partial charge in [0.25, 0.3) is 0 Å². The van der Waals surface area contributed by atoms with Crippen molar-refractivity contribution in [3.63, 3.8) is 0 Å². The predicted molar refractivity (Wildman–Crippen MR) is 94.8 cm³/mol. The number of benzene rings is 1. The SMILES string of the molecule is c1ccc2oc(-c3nnc4sc(CCN5CCOCC5)nn34)cc2c1. The molecule has 0 atom stereocenters. The molecular formula is C17H17N5O2S. The van der Waals surface area contributed by atoms with E-state index in [1.54, 1.807) is 15.9 Å². The maximum absolute atomic E-state index is 5.90. The van der Waals surface area contributed by atoms with Crippen molar-refractivity contribution in [1.82, 2.24) is 24.7 Å². The van der Waals surface area contributed by atoms with Crippen LogP contribution in [-0.2, 0) is 11.2 Å². The molecule has 0 aliphatic carbocycles. The topological polar surface area (TPSA) is 68.7 Å². The second-order valence-corrected chi connectivity index (χ2v) is 7.11. The van der Waals surface area contributed by atoms with Crippen molar-refractivity contribution in [2.75, 3.05) is 32.8 Å². The van der Waals surface area contributed by atoms with E-state index in [4.69, 9.17) is 14.3 Å². The minimum Gasteiger partial charge on any atom is -0.453 e. The Kier molecular flexibility index (Phi) is 3.73. The number of hydrogen-bond acceptors (Lipinski definition) is 7. The molecular weight excluding hydrogens is 338 g/mol. The van der Waals surface area contributed by atoms with E-state index in [9.17, 15) is 0 Å².